The Kier molecular flexibility index (Phi) is 9.84. The molecule has 4 aromatic carbocycles. The number of allylic oxidation sites excluding steroid dienone is 8. The smallest absolute Gasteiger partial charge is 0.210 e. The van der Waals surface area contributed by atoms with E-state index in [-0.39, 0.29) is 10.8 Å². The number of rotatable bonds is 12. The Morgan fingerprint density at radius 3 is 2.15 bits per heavy atom. The van der Waals surface area contributed by atoms with Crippen molar-refractivity contribution in [1.82, 2.24) is 0 Å². The number of ether oxygens (including phenoxy) is 2. The van der Waals surface area contributed by atoms with E-state index in [2.05, 4.69) is 152 Å². The number of aliphatic hydroxyl groups excluding tert-OH is 1. The van der Waals surface area contributed by atoms with Gasteiger partial charge in [0, 0.05) is 54.8 Å². The standard InChI is InChI=1S/C43H49N2O3/c1-7-48-30-29-45-36-26-24-32-18-14-16-20-34(32)41(36)43(4,5)38(45)22-12-10-8-9-11-21-37-42(2,3)40-33-19-15-13-17-31(33)23-25-35(40)44(37)28-27-39(46)47-6/h8-26,39,46H,7,27-30H2,1-6H3/q+1. The number of hydrogen-bond donors (Lipinski definition) is 1. The molecule has 0 spiro atoms. The highest BCUT2D eigenvalue weighted by atomic mass is 16.6. The molecule has 0 amide bonds. The normalized spacial score (nSPS) is 18.4. The SMILES string of the molecule is CCOCCN1/C(=C/C=C/C=C/C=C/C2=[N+](CCC(O)OC)c3ccc4ccccc4c3C2(C)C)C(C)(C)c2c1ccc1ccccc21. The minimum absolute atomic E-state index is 0.153. The van der Waals surface area contributed by atoms with E-state index < -0.39 is 6.29 Å². The zero-order valence-corrected chi connectivity index (χ0v) is 29.2. The summed E-state index contributed by atoms with van der Waals surface area (Å²) in [6.45, 7) is 14.2. The van der Waals surface area contributed by atoms with Crippen LogP contribution in [0.1, 0.15) is 52.2 Å². The summed E-state index contributed by atoms with van der Waals surface area (Å²) in [6.07, 6.45) is 14.8. The Balaban J connectivity index is 1.26. The molecule has 0 aliphatic carbocycles. The zero-order valence-electron chi connectivity index (χ0n) is 29.2. The zero-order chi connectivity index (χ0) is 33.9. The van der Waals surface area contributed by atoms with Gasteiger partial charge >= 0.3 is 0 Å². The Labute approximate surface area is 285 Å². The highest BCUT2D eigenvalue weighted by Crippen LogP contribution is 2.50. The third-order valence-corrected chi connectivity index (χ3v) is 10.00. The Morgan fingerprint density at radius 1 is 0.792 bits per heavy atom. The Morgan fingerprint density at radius 2 is 1.44 bits per heavy atom. The summed E-state index contributed by atoms with van der Waals surface area (Å²) in [5, 5.41) is 15.3. The molecule has 48 heavy (non-hydrogen) atoms. The van der Waals surface area contributed by atoms with Gasteiger partial charge in [-0.25, -0.2) is 0 Å². The first kappa shape index (κ1) is 33.6. The van der Waals surface area contributed by atoms with Gasteiger partial charge in [-0.3, -0.25) is 0 Å². The Hall–Kier alpha value is -4.29. The second kappa shape index (κ2) is 14.1. The lowest BCUT2D eigenvalue weighted by Crippen LogP contribution is -2.29. The molecule has 2 aliphatic heterocycles. The van der Waals surface area contributed by atoms with Crippen LogP contribution in [0, 0.1) is 0 Å². The number of hydrogen-bond acceptors (Lipinski definition) is 4. The van der Waals surface area contributed by atoms with Gasteiger partial charge in [0.25, 0.3) is 0 Å². The van der Waals surface area contributed by atoms with Crippen LogP contribution in [0.4, 0.5) is 11.4 Å². The van der Waals surface area contributed by atoms with Crippen molar-refractivity contribution in [1.29, 1.82) is 0 Å². The maximum Gasteiger partial charge on any atom is 0.210 e. The van der Waals surface area contributed by atoms with Gasteiger partial charge in [0.15, 0.2) is 18.5 Å². The molecule has 0 aromatic heterocycles. The second-order valence-corrected chi connectivity index (χ2v) is 13.7. The lowest BCUT2D eigenvalue weighted by molar-refractivity contribution is -0.442. The molecule has 0 radical (unpaired) electrons. The number of anilines is 1. The van der Waals surface area contributed by atoms with Gasteiger partial charge in [0.1, 0.15) is 0 Å². The third kappa shape index (κ3) is 6.19. The van der Waals surface area contributed by atoms with E-state index in [1.807, 2.05) is 6.92 Å². The first-order chi connectivity index (χ1) is 23.2. The lowest BCUT2D eigenvalue weighted by Gasteiger charge is -2.27. The molecule has 248 valence electrons. The second-order valence-electron chi connectivity index (χ2n) is 13.7. The topological polar surface area (TPSA) is 44.9 Å². The van der Waals surface area contributed by atoms with Crippen LogP contribution in [-0.2, 0) is 20.3 Å². The predicted molar refractivity (Wildman–Crippen MR) is 201 cm³/mol. The van der Waals surface area contributed by atoms with E-state index >= 15 is 0 Å². The molecule has 2 aliphatic rings. The van der Waals surface area contributed by atoms with E-state index in [0.717, 1.165) is 6.54 Å². The minimum Gasteiger partial charge on any atom is -0.380 e. The van der Waals surface area contributed by atoms with Crippen LogP contribution >= 0.6 is 0 Å². The molecule has 4 aromatic rings. The summed E-state index contributed by atoms with van der Waals surface area (Å²) in [6, 6.07) is 26.2. The third-order valence-electron chi connectivity index (χ3n) is 10.00. The van der Waals surface area contributed by atoms with E-state index in [0.29, 0.717) is 26.2 Å². The van der Waals surface area contributed by atoms with Gasteiger partial charge in [0.2, 0.25) is 5.69 Å². The maximum absolute atomic E-state index is 10.2. The van der Waals surface area contributed by atoms with Crippen molar-refractivity contribution in [2.75, 3.05) is 38.3 Å². The van der Waals surface area contributed by atoms with Gasteiger partial charge in [-0.2, -0.15) is 4.58 Å². The fourth-order valence-corrected chi connectivity index (χ4v) is 7.70. The molecule has 0 saturated heterocycles. The molecular formula is C43H49N2O3+. The highest BCUT2D eigenvalue weighted by molar-refractivity contribution is 6.07. The molecule has 1 unspecified atom stereocenters. The molecule has 2 heterocycles. The summed E-state index contributed by atoms with van der Waals surface area (Å²) >= 11 is 0. The summed E-state index contributed by atoms with van der Waals surface area (Å²) < 4.78 is 13.3. The van der Waals surface area contributed by atoms with Crippen LogP contribution in [-0.4, -0.2) is 55.1 Å². The molecule has 1 atom stereocenters. The maximum atomic E-state index is 10.2. The first-order valence-electron chi connectivity index (χ1n) is 17.2. The fourth-order valence-electron chi connectivity index (χ4n) is 7.70. The van der Waals surface area contributed by atoms with Crippen molar-refractivity contribution < 1.29 is 19.2 Å². The van der Waals surface area contributed by atoms with Crippen LogP contribution in [0.5, 0.6) is 0 Å². The molecule has 0 fully saturated rings. The average molecular weight is 642 g/mol. The molecule has 6 rings (SSSR count). The van der Waals surface area contributed by atoms with Crippen LogP contribution < -0.4 is 4.90 Å². The fraction of sp³-hybridized carbons (Fsp3) is 0.326. The largest absolute Gasteiger partial charge is 0.380 e. The van der Waals surface area contributed by atoms with Crippen LogP contribution in [0.25, 0.3) is 21.5 Å². The van der Waals surface area contributed by atoms with Gasteiger partial charge in [-0.1, -0.05) is 98.8 Å². The molecule has 1 N–H and O–H groups in total. The average Bonchev–Trinajstić information content (AvgIpc) is 3.45. The first-order valence-corrected chi connectivity index (χ1v) is 17.2. The summed E-state index contributed by atoms with van der Waals surface area (Å²) in [4.78, 5) is 2.43. The van der Waals surface area contributed by atoms with Crippen LogP contribution in [0.15, 0.2) is 121 Å². The number of benzene rings is 4. The monoisotopic (exact) mass is 641 g/mol. The summed E-state index contributed by atoms with van der Waals surface area (Å²) in [5.74, 6) is 0. The van der Waals surface area contributed by atoms with Crippen LogP contribution in [0.3, 0.4) is 0 Å². The molecule has 0 saturated carbocycles. The number of nitrogens with zero attached hydrogens (tertiary/aromatic N) is 2. The van der Waals surface area contributed by atoms with Gasteiger partial charge < -0.3 is 19.5 Å². The lowest BCUT2D eigenvalue weighted by atomic mass is 9.79. The molecule has 0 bridgehead atoms. The van der Waals surface area contributed by atoms with E-state index in [9.17, 15) is 5.11 Å². The molecule has 5 nitrogen and oxygen atoms in total. The van der Waals surface area contributed by atoms with Gasteiger partial charge in [-0.05, 0) is 66.1 Å². The van der Waals surface area contributed by atoms with Crippen molar-refractivity contribution in [2.45, 2.75) is 58.2 Å². The van der Waals surface area contributed by atoms with Crippen molar-refractivity contribution in [3.8, 4) is 0 Å². The molecule has 5 heteroatoms. The predicted octanol–water partition coefficient (Wildman–Crippen LogP) is 9.11. The highest BCUT2D eigenvalue weighted by Gasteiger charge is 2.45. The van der Waals surface area contributed by atoms with E-state index in [1.54, 1.807) is 7.11 Å². The quantitative estimate of drug-likeness (QED) is 0.0726. The van der Waals surface area contributed by atoms with Crippen molar-refractivity contribution in [3.63, 3.8) is 0 Å². The van der Waals surface area contributed by atoms with Crippen molar-refractivity contribution in [2.24, 2.45) is 0 Å². The summed E-state index contributed by atoms with van der Waals surface area (Å²) in [5.41, 5.74) is 7.28. The van der Waals surface area contributed by atoms with Crippen LogP contribution in [0.2, 0.25) is 0 Å². The van der Waals surface area contributed by atoms with Crippen molar-refractivity contribution >= 4 is 38.6 Å². The summed E-state index contributed by atoms with van der Waals surface area (Å²) in [7, 11) is 1.55. The number of methoxy groups -OCH3 is 1. The number of fused-ring (bicyclic) bond motifs is 6. The molecular weight excluding hydrogens is 592 g/mol. The van der Waals surface area contributed by atoms with E-state index in [1.165, 1.54) is 55.5 Å². The minimum atomic E-state index is -0.798. The van der Waals surface area contributed by atoms with E-state index in [4.69, 9.17) is 9.47 Å². The van der Waals surface area contributed by atoms with Crippen molar-refractivity contribution in [3.05, 3.63) is 132 Å². The number of aliphatic hydroxyl groups is 1. The van der Waals surface area contributed by atoms with Gasteiger partial charge in [-0.15, -0.1) is 0 Å². The van der Waals surface area contributed by atoms with Gasteiger partial charge in [0.05, 0.1) is 18.4 Å². The Bertz CT molecular complexity index is 1960.